The van der Waals surface area contributed by atoms with Gasteiger partial charge in [0.2, 0.25) is 0 Å². The van der Waals surface area contributed by atoms with Gasteiger partial charge in [0.25, 0.3) is 5.91 Å². The number of methoxy groups -OCH3 is 2. The lowest BCUT2D eigenvalue weighted by molar-refractivity contribution is 0.0588. The third-order valence-corrected chi connectivity index (χ3v) is 5.04. The largest absolute Gasteiger partial charge is 0.497 e. The van der Waals surface area contributed by atoms with Crippen LogP contribution in [0.2, 0.25) is 0 Å². The molecule has 0 radical (unpaired) electrons. The summed E-state index contributed by atoms with van der Waals surface area (Å²) in [5.74, 6) is -0.263. The molecular formula is C22H28N2O5. The number of rotatable bonds is 8. The van der Waals surface area contributed by atoms with Crippen molar-refractivity contribution in [3.8, 4) is 5.75 Å². The van der Waals surface area contributed by atoms with Gasteiger partial charge in [0, 0.05) is 30.4 Å². The van der Waals surface area contributed by atoms with E-state index in [-0.39, 0.29) is 18.2 Å². The van der Waals surface area contributed by atoms with E-state index in [1.165, 1.54) is 12.0 Å². The lowest BCUT2D eigenvalue weighted by Crippen LogP contribution is -2.36. The molecule has 1 heterocycles. The molecule has 0 saturated carbocycles. The SMILES string of the molecule is CCCN(CC(=O)c1c(C)c(C(=O)OC)n(C)c1C)C(=O)c1ccc(OC)cc1. The van der Waals surface area contributed by atoms with Gasteiger partial charge < -0.3 is 18.9 Å². The van der Waals surface area contributed by atoms with Crippen LogP contribution in [0.25, 0.3) is 0 Å². The smallest absolute Gasteiger partial charge is 0.354 e. The normalized spacial score (nSPS) is 10.6. The number of aromatic nitrogens is 1. The van der Waals surface area contributed by atoms with Crippen molar-refractivity contribution in [2.75, 3.05) is 27.3 Å². The molecule has 156 valence electrons. The number of esters is 1. The Morgan fingerprint density at radius 1 is 1.07 bits per heavy atom. The molecule has 0 N–H and O–H groups in total. The molecule has 7 heteroatoms. The summed E-state index contributed by atoms with van der Waals surface area (Å²) in [5.41, 5.74) is 2.52. The number of ether oxygens (including phenoxy) is 2. The zero-order chi connectivity index (χ0) is 21.7. The average molecular weight is 400 g/mol. The second-order valence-corrected chi connectivity index (χ2v) is 6.86. The predicted molar refractivity (Wildman–Crippen MR) is 110 cm³/mol. The molecule has 0 atom stereocenters. The van der Waals surface area contributed by atoms with E-state index in [1.54, 1.807) is 56.8 Å². The number of hydrogen-bond acceptors (Lipinski definition) is 5. The highest BCUT2D eigenvalue weighted by atomic mass is 16.5. The number of hydrogen-bond donors (Lipinski definition) is 0. The molecular weight excluding hydrogens is 372 g/mol. The van der Waals surface area contributed by atoms with Gasteiger partial charge in [-0.2, -0.15) is 0 Å². The fourth-order valence-electron chi connectivity index (χ4n) is 3.47. The number of amides is 1. The molecule has 2 aromatic rings. The van der Waals surface area contributed by atoms with Crippen molar-refractivity contribution < 1.29 is 23.9 Å². The minimum atomic E-state index is -0.494. The highest BCUT2D eigenvalue weighted by molar-refractivity contribution is 6.06. The monoisotopic (exact) mass is 400 g/mol. The van der Waals surface area contributed by atoms with Crippen molar-refractivity contribution in [1.82, 2.24) is 9.47 Å². The standard InChI is InChI=1S/C22H28N2O5/c1-7-12-24(21(26)16-8-10-17(28-5)11-9-16)13-18(25)19-14(2)20(22(27)29-6)23(4)15(19)3/h8-11H,7,12-13H2,1-6H3. The average Bonchev–Trinajstić information content (AvgIpc) is 2.95. The van der Waals surface area contributed by atoms with E-state index in [0.29, 0.717) is 40.4 Å². The maximum absolute atomic E-state index is 13.1. The van der Waals surface area contributed by atoms with Crippen molar-refractivity contribution in [3.63, 3.8) is 0 Å². The summed E-state index contributed by atoms with van der Waals surface area (Å²) in [7, 11) is 4.59. The van der Waals surface area contributed by atoms with Gasteiger partial charge in [-0.15, -0.1) is 0 Å². The Hall–Kier alpha value is -3.09. The zero-order valence-corrected chi connectivity index (χ0v) is 17.9. The van der Waals surface area contributed by atoms with Gasteiger partial charge >= 0.3 is 5.97 Å². The Morgan fingerprint density at radius 2 is 1.69 bits per heavy atom. The van der Waals surface area contributed by atoms with Crippen LogP contribution in [0, 0.1) is 13.8 Å². The maximum Gasteiger partial charge on any atom is 0.354 e. The van der Waals surface area contributed by atoms with E-state index in [1.807, 2.05) is 6.92 Å². The number of nitrogens with zero attached hydrogens (tertiary/aromatic N) is 2. The first kappa shape index (κ1) is 22.2. The van der Waals surface area contributed by atoms with Gasteiger partial charge in [0.15, 0.2) is 5.78 Å². The Balaban J connectivity index is 2.32. The van der Waals surface area contributed by atoms with Gasteiger partial charge in [-0.25, -0.2) is 4.79 Å². The van der Waals surface area contributed by atoms with Crippen LogP contribution in [0.5, 0.6) is 5.75 Å². The van der Waals surface area contributed by atoms with Crippen LogP contribution in [0.1, 0.15) is 55.8 Å². The molecule has 0 aliphatic carbocycles. The molecule has 0 aliphatic heterocycles. The molecule has 1 aromatic carbocycles. The fourth-order valence-corrected chi connectivity index (χ4v) is 3.47. The van der Waals surface area contributed by atoms with Crippen molar-refractivity contribution >= 4 is 17.7 Å². The highest BCUT2D eigenvalue weighted by Crippen LogP contribution is 2.23. The third-order valence-electron chi connectivity index (χ3n) is 5.04. The van der Waals surface area contributed by atoms with E-state index < -0.39 is 5.97 Å². The van der Waals surface area contributed by atoms with Crippen molar-refractivity contribution in [2.45, 2.75) is 27.2 Å². The maximum atomic E-state index is 13.1. The number of ketones is 1. The van der Waals surface area contributed by atoms with Gasteiger partial charge in [0.05, 0.1) is 20.8 Å². The first-order chi connectivity index (χ1) is 13.8. The molecule has 0 spiro atoms. The Kier molecular flexibility index (Phi) is 7.20. The molecule has 0 unspecified atom stereocenters. The summed E-state index contributed by atoms with van der Waals surface area (Å²) < 4.78 is 11.6. The Bertz CT molecular complexity index is 912. The molecule has 0 bridgehead atoms. The second kappa shape index (κ2) is 9.41. The first-order valence-corrected chi connectivity index (χ1v) is 9.47. The van der Waals surface area contributed by atoms with E-state index in [9.17, 15) is 14.4 Å². The lowest BCUT2D eigenvalue weighted by atomic mass is 10.0. The van der Waals surface area contributed by atoms with Crippen LogP contribution in [-0.4, -0.2) is 54.4 Å². The molecule has 0 fully saturated rings. The minimum Gasteiger partial charge on any atom is -0.497 e. The molecule has 1 amide bonds. The third kappa shape index (κ3) is 4.50. The molecule has 0 aliphatic rings. The lowest BCUT2D eigenvalue weighted by Gasteiger charge is -2.22. The minimum absolute atomic E-state index is 0.0645. The zero-order valence-electron chi connectivity index (χ0n) is 17.9. The van der Waals surface area contributed by atoms with E-state index in [2.05, 4.69) is 0 Å². The van der Waals surface area contributed by atoms with Crippen molar-refractivity contribution in [3.05, 3.63) is 52.3 Å². The second-order valence-electron chi connectivity index (χ2n) is 6.86. The topological polar surface area (TPSA) is 77.8 Å². The summed E-state index contributed by atoms with van der Waals surface area (Å²) in [4.78, 5) is 39.7. The van der Waals surface area contributed by atoms with Crippen LogP contribution in [0.15, 0.2) is 24.3 Å². The van der Waals surface area contributed by atoms with Crippen LogP contribution in [-0.2, 0) is 11.8 Å². The Labute approximate surface area is 171 Å². The van der Waals surface area contributed by atoms with Gasteiger partial charge in [-0.05, 0) is 50.1 Å². The summed E-state index contributed by atoms with van der Waals surface area (Å²) in [6.45, 7) is 5.84. The summed E-state index contributed by atoms with van der Waals surface area (Å²) in [5, 5.41) is 0. The van der Waals surface area contributed by atoms with Crippen LogP contribution in [0.4, 0.5) is 0 Å². The molecule has 7 nitrogen and oxygen atoms in total. The summed E-state index contributed by atoms with van der Waals surface area (Å²) in [6, 6.07) is 6.80. The quantitative estimate of drug-likeness (QED) is 0.502. The first-order valence-electron chi connectivity index (χ1n) is 9.47. The van der Waals surface area contributed by atoms with Gasteiger partial charge in [-0.1, -0.05) is 6.92 Å². The number of benzene rings is 1. The van der Waals surface area contributed by atoms with Gasteiger partial charge in [0.1, 0.15) is 11.4 Å². The van der Waals surface area contributed by atoms with Crippen molar-refractivity contribution in [1.29, 1.82) is 0 Å². The molecule has 2 rings (SSSR count). The molecule has 29 heavy (non-hydrogen) atoms. The van der Waals surface area contributed by atoms with Crippen LogP contribution >= 0.6 is 0 Å². The van der Waals surface area contributed by atoms with E-state index in [0.717, 1.165) is 6.42 Å². The summed E-state index contributed by atoms with van der Waals surface area (Å²) >= 11 is 0. The summed E-state index contributed by atoms with van der Waals surface area (Å²) in [6.07, 6.45) is 0.718. The fraction of sp³-hybridized carbons (Fsp3) is 0.409. The van der Waals surface area contributed by atoms with Crippen LogP contribution in [0.3, 0.4) is 0 Å². The van der Waals surface area contributed by atoms with Crippen molar-refractivity contribution in [2.24, 2.45) is 7.05 Å². The molecule has 1 aromatic heterocycles. The predicted octanol–water partition coefficient (Wildman–Crippen LogP) is 3.17. The van der Waals surface area contributed by atoms with E-state index >= 15 is 0 Å². The highest BCUT2D eigenvalue weighted by Gasteiger charge is 2.27. The number of Topliss-reactive ketones (excluding diaryl/α,β-unsaturated/α-hetero) is 1. The Morgan fingerprint density at radius 3 is 2.21 bits per heavy atom. The van der Waals surface area contributed by atoms with Crippen LogP contribution < -0.4 is 4.74 Å². The van der Waals surface area contributed by atoms with Gasteiger partial charge in [-0.3, -0.25) is 9.59 Å². The number of carbonyl (C=O) groups is 3. The van der Waals surface area contributed by atoms with E-state index in [4.69, 9.17) is 9.47 Å². The number of carbonyl (C=O) groups excluding carboxylic acids is 3. The molecule has 0 saturated heterocycles.